The third-order valence-corrected chi connectivity index (χ3v) is 5.42. The lowest BCUT2D eigenvalue weighted by atomic mass is 10.0. The van der Waals surface area contributed by atoms with Gasteiger partial charge >= 0.3 is 0 Å². The van der Waals surface area contributed by atoms with Crippen molar-refractivity contribution in [3.8, 4) is 0 Å². The Hall–Kier alpha value is -2.18. The highest BCUT2D eigenvalue weighted by Gasteiger charge is 2.39. The molecule has 2 aromatic carbocycles. The molecule has 3 rings (SSSR count). The molecule has 6 heteroatoms. The molecule has 0 radical (unpaired) electrons. The van der Waals surface area contributed by atoms with Crippen LogP contribution in [0, 0.1) is 5.92 Å². The van der Waals surface area contributed by atoms with Gasteiger partial charge in [-0.25, -0.2) is 0 Å². The minimum atomic E-state index is -1.29. The van der Waals surface area contributed by atoms with Crippen LogP contribution in [0.1, 0.15) is 19.4 Å². The van der Waals surface area contributed by atoms with Crippen molar-refractivity contribution < 1.29 is 14.7 Å². The topological polar surface area (TPSA) is 60.4 Å². The van der Waals surface area contributed by atoms with Gasteiger partial charge in [-0.2, -0.15) is 0 Å². The first-order valence-corrected chi connectivity index (χ1v) is 9.08. The van der Waals surface area contributed by atoms with Gasteiger partial charge in [0, 0.05) is 0 Å². The Morgan fingerprint density at radius 1 is 1.20 bits per heavy atom. The molecule has 0 saturated carbocycles. The van der Waals surface area contributed by atoms with E-state index >= 15 is 0 Å². The average molecular weight is 370 g/mol. The average Bonchev–Trinajstić information content (AvgIpc) is 2.83. The Kier molecular flexibility index (Phi) is 4.92. The summed E-state index contributed by atoms with van der Waals surface area (Å²) in [5.41, 5.74) is 0.896. The van der Waals surface area contributed by atoms with E-state index in [1.54, 1.807) is 19.9 Å². The summed E-state index contributed by atoms with van der Waals surface area (Å²) in [4.78, 5) is 25.8. The van der Waals surface area contributed by atoms with Gasteiger partial charge < -0.3 is 9.90 Å². The number of carbonyl (C=O) groups excluding carboxylic acids is 2. The number of nitrogens with zero attached hydrogens (tertiary/aromatic N) is 1. The smallest absolute Gasteiger partial charge is 0.266 e. The fourth-order valence-corrected chi connectivity index (χ4v) is 4.23. The number of carbonyl (C=O) groups is 2. The number of hydrogen-bond acceptors (Lipinski definition) is 5. The second-order valence-electron chi connectivity index (χ2n) is 6.13. The fourth-order valence-electron chi connectivity index (χ4n) is 2.91. The van der Waals surface area contributed by atoms with Crippen LogP contribution >= 0.6 is 24.0 Å². The van der Waals surface area contributed by atoms with Crippen molar-refractivity contribution in [1.82, 2.24) is 4.90 Å². The number of amides is 1. The standard InChI is InChI=1S/C19H17NO3S2/c1-11(2)16(18(22)23)20-17(21)15(25-19(20)24)10-13-8-5-7-12-6-3-4-9-14(12)13/h3-11,16H,1-2H3,(H,22,23)/p-1/b15-10+/t16-/m1/s1. The van der Waals surface area contributed by atoms with Crippen LogP contribution in [0.4, 0.5) is 0 Å². The maximum Gasteiger partial charge on any atom is 0.266 e. The molecule has 0 bridgehead atoms. The van der Waals surface area contributed by atoms with Crippen molar-refractivity contribution in [2.45, 2.75) is 19.9 Å². The van der Waals surface area contributed by atoms with Gasteiger partial charge in [0.2, 0.25) is 0 Å². The number of hydrogen-bond donors (Lipinski definition) is 0. The van der Waals surface area contributed by atoms with Gasteiger partial charge in [0.1, 0.15) is 4.32 Å². The Morgan fingerprint density at radius 3 is 2.56 bits per heavy atom. The fraction of sp³-hybridized carbons (Fsp3) is 0.211. The van der Waals surface area contributed by atoms with Crippen LogP contribution in [0.15, 0.2) is 47.4 Å². The summed E-state index contributed by atoms with van der Waals surface area (Å²) in [7, 11) is 0. The molecule has 1 amide bonds. The molecule has 1 atom stereocenters. The van der Waals surface area contributed by atoms with Crippen LogP contribution < -0.4 is 5.11 Å². The highest BCUT2D eigenvalue weighted by molar-refractivity contribution is 8.26. The van der Waals surface area contributed by atoms with Crippen LogP contribution in [0.2, 0.25) is 0 Å². The summed E-state index contributed by atoms with van der Waals surface area (Å²) in [5.74, 6) is -1.98. The minimum absolute atomic E-state index is 0.249. The summed E-state index contributed by atoms with van der Waals surface area (Å²) in [6.07, 6.45) is 1.77. The number of fused-ring (bicyclic) bond motifs is 1. The van der Waals surface area contributed by atoms with E-state index in [1.807, 2.05) is 42.5 Å². The van der Waals surface area contributed by atoms with Crippen LogP contribution in [0.5, 0.6) is 0 Å². The van der Waals surface area contributed by atoms with Crippen molar-refractivity contribution in [3.05, 3.63) is 52.9 Å². The lowest BCUT2D eigenvalue weighted by Crippen LogP contribution is -2.52. The predicted molar refractivity (Wildman–Crippen MR) is 103 cm³/mol. The first-order valence-electron chi connectivity index (χ1n) is 7.86. The van der Waals surface area contributed by atoms with Crippen LogP contribution in [0.25, 0.3) is 16.8 Å². The first-order chi connectivity index (χ1) is 11.9. The summed E-state index contributed by atoms with van der Waals surface area (Å²) < 4.78 is 0.249. The van der Waals surface area contributed by atoms with Gasteiger partial charge in [-0.1, -0.05) is 80.3 Å². The van der Waals surface area contributed by atoms with E-state index in [-0.39, 0.29) is 16.1 Å². The molecule has 128 valence electrons. The summed E-state index contributed by atoms with van der Waals surface area (Å²) in [6.45, 7) is 3.46. The first kappa shape index (κ1) is 17.6. The van der Waals surface area contributed by atoms with Crippen LogP contribution in [-0.4, -0.2) is 27.1 Å². The van der Waals surface area contributed by atoms with Gasteiger partial charge in [-0.05, 0) is 28.3 Å². The maximum absolute atomic E-state index is 12.8. The van der Waals surface area contributed by atoms with Gasteiger partial charge in [-0.3, -0.25) is 9.69 Å². The van der Waals surface area contributed by atoms with E-state index in [2.05, 4.69) is 0 Å². The lowest BCUT2D eigenvalue weighted by Gasteiger charge is -2.30. The van der Waals surface area contributed by atoms with Crippen molar-refractivity contribution in [2.75, 3.05) is 0 Å². The summed E-state index contributed by atoms with van der Waals surface area (Å²) in [6, 6.07) is 12.7. The quantitative estimate of drug-likeness (QED) is 0.612. The zero-order valence-corrected chi connectivity index (χ0v) is 15.4. The maximum atomic E-state index is 12.8. The van der Waals surface area contributed by atoms with Crippen LogP contribution in [0.3, 0.4) is 0 Å². The van der Waals surface area contributed by atoms with E-state index in [1.165, 1.54) is 0 Å². The number of aliphatic carboxylic acids is 1. The van der Waals surface area contributed by atoms with Gasteiger partial charge in [-0.15, -0.1) is 0 Å². The molecular weight excluding hydrogens is 354 g/mol. The third-order valence-electron chi connectivity index (χ3n) is 4.08. The molecule has 0 aromatic heterocycles. The molecule has 1 heterocycles. The Bertz CT molecular complexity index is 899. The molecule has 0 unspecified atom stereocenters. The van der Waals surface area contributed by atoms with Crippen molar-refractivity contribution >= 4 is 57.0 Å². The summed E-state index contributed by atoms with van der Waals surface area (Å²) in [5, 5.41) is 13.6. The minimum Gasteiger partial charge on any atom is -0.548 e. The zero-order chi connectivity index (χ0) is 18.1. The highest BCUT2D eigenvalue weighted by atomic mass is 32.2. The van der Waals surface area contributed by atoms with E-state index in [0.29, 0.717) is 4.91 Å². The molecule has 0 aliphatic carbocycles. The SMILES string of the molecule is CC(C)[C@H](C(=O)[O-])N1C(=O)/C(=C\c2cccc3ccccc23)SC1=S. The number of carboxylic acid groups (broad SMARTS) is 1. The Balaban J connectivity index is 2.02. The van der Waals surface area contributed by atoms with E-state index in [0.717, 1.165) is 33.0 Å². The number of carboxylic acids is 1. The van der Waals surface area contributed by atoms with Gasteiger partial charge in [0.15, 0.2) is 0 Å². The second-order valence-corrected chi connectivity index (χ2v) is 7.80. The molecule has 0 N–H and O–H groups in total. The van der Waals surface area contributed by atoms with Crippen molar-refractivity contribution in [1.29, 1.82) is 0 Å². The van der Waals surface area contributed by atoms with Gasteiger partial charge in [0.25, 0.3) is 5.91 Å². The molecule has 25 heavy (non-hydrogen) atoms. The van der Waals surface area contributed by atoms with Crippen molar-refractivity contribution in [2.24, 2.45) is 5.92 Å². The second kappa shape index (κ2) is 6.98. The Morgan fingerprint density at radius 2 is 1.88 bits per heavy atom. The normalized spacial score (nSPS) is 17.7. The van der Waals surface area contributed by atoms with Crippen molar-refractivity contribution in [3.63, 3.8) is 0 Å². The molecule has 1 fully saturated rings. The molecule has 0 spiro atoms. The number of rotatable bonds is 4. The Labute approximate surface area is 155 Å². The third kappa shape index (κ3) is 3.32. The highest BCUT2D eigenvalue weighted by Crippen LogP contribution is 2.36. The monoisotopic (exact) mass is 370 g/mol. The summed E-state index contributed by atoms with van der Waals surface area (Å²) >= 11 is 6.38. The number of thiocarbonyl (C=S) groups is 1. The number of thioether (sulfide) groups is 1. The molecule has 1 aliphatic heterocycles. The van der Waals surface area contributed by atoms with Crippen LogP contribution in [-0.2, 0) is 9.59 Å². The van der Waals surface area contributed by atoms with E-state index in [4.69, 9.17) is 12.2 Å². The molecule has 2 aromatic rings. The lowest BCUT2D eigenvalue weighted by molar-refractivity contribution is -0.311. The number of benzene rings is 2. The molecule has 1 aliphatic rings. The zero-order valence-electron chi connectivity index (χ0n) is 13.8. The largest absolute Gasteiger partial charge is 0.548 e. The van der Waals surface area contributed by atoms with E-state index in [9.17, 15) is 14.7 Å². The molecule has 4 nitrogen and oxygen atoms in total. The van der Waals surface area contributed by atoms with Gasteiger partial charge in [0.05, 0.1) is 16.9 Å². The predicted octanol–water partition coefficient (Wildman–Crippen LogP) is 2.82. The van der Waals surface area contributed by atoms with E-state index < -0.39 is 12.0 Å². The molecule has 1 saturated heterocycles. The molecular formula is C19H16NO3S2-.